The molecule has 3 rings (SSSR count). The SMILES string of the molecule is O=C(CN1C(=O)NC[C@H]1C(=O)OCc1ccccc1)OCc1ccccc1. The van der Waals surface area contributed by atoms with Crippen LogP contribution in [-0.2, 0) is 32.3 Å². The van der Waals surface area contributed by atoms with Crippen LogP contribution in [0, 0.1) is 0 Å². The molecular formula is C20H20N2O5. The van der Waals surface area contributed by atoms with Crippen molar-refractivity contribution in [1.82, 2.24) is 10.2 Å². The number of rotatable bonds is 7. The summed E-state index contributed by atoms with van der Waals surface area (Å²) in [6.45, 7) is -0.00287. The smallest absolute Gasteiger partial charge is 0.331 e. The average molecular weight is 368 g/mol. The van der Waals surface area contributed by atoms with Crippen LogP contribution in [0.3, 0.4) is 0 Å². The number of esters is 2. The van der Waals surface area contributed by atoms with Crippen LogP contribution in [0.4, 0.5) is 4.79 Å². The zero-order valence-electron chi connectivity index (χ0n) is 14.7. The lowest BCUT2D eigenvalue weighted by atomic mass is 10.2. The standard InChI is InChI=1S/C20H20N2O5/c23-18(26-13-15-7-3-1-4-8-15)12-22-17(11-21-20(22)25)19(24)27-14-16-9-5-2-6-10-16/h1-10,17H,11-14H2,(H,21,25)/t17-/m0/s1. The van der Waals surface area contributed by atoms with Crippen molar-refractivity contribution in [1.29, 1.82) is 0 Å². The van der Waals surface area contributed by atoms with Gasteiger partial charge >= 0.3 is 18.0 Å². The van der Waals surface area contributed by atoms with E-state index in [1.807, 2.05) is 60.7 Å². The predicted molar refractivity (Wildman–Crippen MR) is 96.4 cm³/mol. The fourth-order valence-corrected chi connectivity index (χ4v) is 2.68. The monoisotopic (exact) mass is 368 g/mol. The Morgan fingerprint density at radius 1 is 0.926 bits per heavy atom. The number of urea groups is 1. The largest absolute Gasteiger partial charge is 0.459 e. The van der Waals surface area contributed by atoms with Crippen molar-refractivity contribution in [3.8, 4) is 0 Å². The molecule has 140 valence electrons. The first-order chi connectivity index (χ1) is 13.1. The molecule has 0 aliphatic carbocycles. The third kappa shape index (κ3) is 5.07. The van der Waals surface area contributed by atoms with Crippen molar-refractivity contribution in [3.63, 3.8) is 0 Å². The van der Waals surface area contributed by atoms with E-state index in [4.69, 9.17) is 9.47 Å². The van der Waals surface area contributed by atoms with Gasteiger partial charge in [-0.1, -0.05) is 60.7 Å². The van der Waals surface area contributed by atoms with E-state index in [1.165, 1.54) is 0 Å². The second-order valence-electron chi connectivity index (χ2n) is 6.07. The summed E-state index contributed by atoms with van der Waals surface area (Å²) in [7, 11) is 0. The molecule has 0 spiro atoms. The summed E-state index contributed by atoms with van der Waals surface area (Å²) >= 11 is 0. The molecule has 2 aromatic rings. The van der Waals surface area contributed by atoms with Crippen LogP contribution < -0.4 is 5.32 Å². The van der Waals surface area contributed by atoms with Crippen molar-refractivity contribution in [2.24, 2.45) is 0 Å². The normalized spacial score (nSPS) is 15.9. The van der Waals surface area contributed by atoms with Crippen molar-refractivity contribution in [2.75, 3.05) is 13.1 Å². The van der Waals surface area contributed by atoms with Gasteiger partial charge in [0.05, 0.1) is 6.54 Å². The molecular weight excluding hydrogens is 348 g/mol. The number of benzene rings is 2. The van der Waals surface area contributed by atoms with Crippen molar-refractivity contribution >= 4 is 18.0 Å². The fourth-order valence-electron chi connectivity index (χ4n) is 2.68. The second kappa shape index (κ2) is 8.84. The van der Waals surface area contributed by atoms with Gasteiger partial charge in [0.15, 0.2) is 0 Å². The van der Waals surface area contributed by atoms with E-state index in [-0.39, 0.29) is 26.3 Å². The summed E-state index contributed by atoms with van der Waals surface area (Å²) in [6.07, 6.45) is 0. The molecule has 0 aromatic heterocycles. The molecule has 1 fully saturated rings. The third-order valence-electron chi connectivity index (χ3n) is 4.12. The number of hydrogen-bond donors (Lipinski definition) is 1. The maximum atomic E-state index is 12.3. The number of ether oxygens (including phenoxy) is 2. The van der Waals surface area contributed by atoms with E-state index in [0.717, 1.165) is 16.0 Å². The van der Waals surface area contributed by atoms with E-state index in [2.05, 4.69) is 5.32 Å². The molecule has 1 saturated heterocycles. The highest BCUT2D eigenvalue weighted by Crippen LogP contribution is 2.11. The molecule has 1 heterocycles. The number of amides is 2. The van der Waals surface area contributed by atoms with E-state index in [9.17, 15) is 14.4 Å². The van der Waals surface area contributed by atoms with Crippen LogP contribution in [0.15, 0.2) is 60.7 Å². The van der Waals surface area contributed by atoms with Gasteiger partial charge in [-0.3, -0.25) is 9.69 Å². The fraction of sp³-hybridized carbons (Fsp3) is 0.250. The molecule has 1 N–H and O–H groups in total. The average Bonchev–Trinajstić information content (AvgIpc) is 3.06. The van der Waals surface area contributed by atoms with Crippen LogP contribution in [0.2, 0.25) is 0 Å². The van der Waals surface area contributed by atoms with Gasteiger partial charge in [0.1, 0.15) is 25.8 Å². The Hall–Kier alpha value is -3.35. The Labute approximate surface area is 156 Å². The summed E-state index contributed by atoms with van der Waals surface area (Å²) < 4.78 is 10.5. The minimum absolute atomic E-state index is 0.0957. The predicted octanol–water partition coefficient (Wildman–Crippen LogP) is 1.87. The van der Waals surface area contributed by atoms with Crippen molar-refractivity contribution in [2.45, 2.75) is 19.3 Å². The first kappa shape index (κ1) is 18.4. The lowest BCUT2D eigenvalue weighted by molar-refractivity contribution is -0.151. The van der Waals surface area contributed by atoms with E-state index < -0.39 is 24.0 Å². The third-order valence-corrected chi connectivity index (χ3v) is 4.12. The van der Waals surface area contributed by atoms with Crippen LogP contribution in [0.25, 0.3) is 0 Å². The van der Waals surface area contributed by atoms with Gasteiger partial charge in [-0.15, -0.1) is 0 Å². The Morgan fingerprint density at radius 3 is 2.07 bits per heavy atom. The molecule has 0 radical (unpaired) electrons. The molecule has 0 saturated carbocycles. The van der Waals surface area contributed by atoms with Crippen LogP contribution in [0.5, 0.6) is 0 Å². The lowest BCUT2D eigenvalue weighted by Gasteiger charge is -2.20. The van der Waals surface area contributed by atoms with Crippen molar-refractivity contribution in [3.05, 3.63) is 71.8 Å². The molecule has 2 aromatic carbocycles. The quantitative estimate of drug-likeness (QED) is 0.754. The Balaban J connectivity index is 1.52. The van der Waals surface area contributed by atoms with Gasteiger partial charge in [-0.05, 0) is 11.1 Å². The van der Waals surface area contributed by atoms with Crippen molar-refractivity contribution < 1.29 is 23.9 Å². The summed E-state index contributed by atoms with van der Waals surface area (Å²) in [6, 6.07) is 17.1. The zero-order valence-corrected chi connectivity index (χ0v) is 14.7. The molecule has 7 nitrogen and oxygen atoms in total. The number of nitrogens with zero attached hydrogens (tertiary/aromatic N) is 1. The first-order valence-corrected chi connectivity index (χ1v) is 8.58. The molecule has 27 heavy (non-hydrogen) atoms. The molecule has 7 heteroatoms. The van der Waals surface area contributed by atoms with E-state index in [0.29, 0.717) is 0 Å². The lowest BCUT2D eigenvalue weighted by Crippen LogP contribution is -2.43. The number of carbonyl (C=O) groups is 3. The summed E-state index contributed by atoms with van der Waals surface area (Å²) in [5.41, 5.74) is 1.69. The van der Waals surface area contributed by atoms with Gasteiger partial charge in [0.2, 0.25) is 0 Å². The van der Waals surface area contributed by atoms with Gasteiger partial charge in [0, 0.05) is 0 Å². The highest BCUT2D eigenvalue weighted by Gasteiger charge is 2.38. The Bertz CT molecular complexity index is 795. The van der Waals surface area contributed by atoms with Crippen LogP contribution in [0.1, 0.15) is 11.1 Å². The molecule has 1 aliphatic rings. The number of hydrogen-bond acceptors (Lipinski definition) is 5. The summed E-state index contributed by atoms with van der Waals surface area (Å²) in [5, 5.41) is 2.56. The maximum absolute atomic E-state index is 12.3. The highest BCUT2D eigenvalue weighted by molar-refractivity contribution is 5.90. The maximum Gasteiger partial charge on any atom is 0.331 e. The molecule has 1 atom stereocenters. The van der Waals surface area contributed by atoms with E-state index in [1.54, 1.807) is 0 Å². The molecule has 0 bridgehead atoms. The Morgan fingerprint density at radius 2 is 1.48 bits per heavy atom. The molecule has 0 unspecified atom stereocenters. The highest BCUT2D eigenvalue weighted by atomic mass is 16.5. The minimum Gasteiger partial charge on any atom is -0.459 e. The second-order valence-corrected chi connectivity index (χ2v) is 6.07. The molecule has 2 amide bonds. The summed E-state index contributed by atoms with van der Waals surface area (Å²) in [5.74, 6) is -1.15. The molecule has 1 aliphatic heterocycles. The van der Waals surface area contributed by atoms with Gasteiger partial charge in [-0.25, -0.2) is 9.59 Å². The number of nitrogens with one attached hydrogen (secondary N) is 1. The minimum atomic E-state index is -0.856. The van der Waals surface area contributed by atoms with E-state index >= 15 is 0 Å². The van der Waals surface area contributed by atoms with Crippen LogP contribution in [-0.4, -0.2) is 42.0 Å². The summed E-state index contributed by atoms with van der Waals surface area (Å²) in [4.78, 5) is 37.5. The van der Waals surface area contributed by atoms with Crippen LogP contribution >= 0.6 is 0 Å². The first-order valence-electron chi connectivity index (χ1n) is 8.58. The van der Waals surface area contributed by atoms with Gasteiger partial charge in [-0.2, -0.15) is 0 Å². The zero-order chi connectivity index (χ0) is 19.1. The Kier molecular flexibility index (Phi) is 6.04. The van der Waals surface area contributed by atoms with Gasteiger partial charge < -0.3 is 14.8 Å². The topological polar surface area (TPSA) is 84.9 Å². The van der Waals surface area contributed by atoms with Gasteiger partial charge in [0.25, 0.3) is 0 Å². The number of carbonyl (C=O) groups excluding carboxylic acids is 3.